The van der Waals surface area contributed by atoms with E-state index in [0.29, 0.717) is 6.79 Å². The number of hydrogen-bond acceptors (Lipinski definition) is 2. The van der Waals surface area contributed by atoms with E-state index in [1.807, 2.05) is 6.07 Å². The normalized spacial score (nSPS) is 15.5. The van der Waals surface area contributed by atoms with Crippen LogP contribution in [0.25, 0.3) is 0 Å². The standard InChI is InChI=1S/C14H20O2/c1-10(2)6-11(3)7-12-4-5-13-14(8-12)16-9-15-13/h4-5,8,10-11H,6-7,9H2,1-3H3. The average molecular weight is 220 g/mol. The summed E-state index contributed by atoms with van der Waals surface area (Å²) >= 11 is 0. The van der Waals surface area contributed by atoms with Crippen LogP contribution in [0.2, 0.25) is 0 Å². The van der Waals surface area contributed by atoms with Crippen molar-refractivity contribution in [3.05, 3.63) is 23.8 Å². The van der Waals surface area contributed by atoms with Crippen molar-refractivity contribution in [3.63, 3.8) is 0 Å². The molecular formula is C14H20O2. The second-order valence-corrected chi connectivity index (χ2v) is 5.13. The van der Waals surface area contributed by atoms with Crippen molar-refractivity contribution >= 4 is 0 Å². The SMILES string of the molecule is CC(C)CC(C)Cc1ccc2c(c1)OCO2. The minimum atomic E-state index is 0.361. The second kappa shape index (κ2) is 4.77. The van der Waals surface area contributed by atoms with Gasteiger partial charge < -0.3 is 9.47 Å². The minimum Gasteiger partial charge on any atom is -0.454 e. The molecule has 0 aromatic heterocycles. The van der Waals surface area contributed by atoms with Crippen molar-refractivity contribution in [2.45, 2.75) is 33.6 Å². The number of benzene rings is 1. The van der Waals surface area contributed by atoms with Crippen LogP contribution < -0.4 is 9.47 Å². The number of fused-ring (bicyclic) bond motifs is 1. The largest absolute Gasteiger partial charge is 0.454 e. The fourth-order valence-corrected chi connectivity index (χ4v) is 2.36. The molecule has 1 aromatic carbocycles. The van der Waals surface area contributed by atoms with Crippen LogP contribution >= 0.6 is 0 Å². The van der Waals surface area contributed by atoms with E-state index < -0.39 is 0 Å². The minimum absolute atomic E-state index is 0.361. The first kappa shape index (κ1) is 11.3. The first-order valence-electron chi connectivity index (χ1n) is 6.03. The lowest BCUT2D eigenvalue weighted by Crippen LogP contribution is -2.03. The van der Waals surface area contributed by atoms with Gasteiger partial charge in [-0.25, -0.2) is 0 Å². The molecule has 0 radical (unpaired) electrons. The van der Waals surface area contributed by atoms with Crippen LogP contribution in [0.15, 0.2) is 18.2 Å². The van der Waals surface area contributed by atoms with Gasteiger partial charge in [0.2, 0.25) is 6.79 Å². The Bertz CT molecular complexity index is 358. The van der Waals surface area contributed by atoms with Crippen molar-refractivity contribution in [1.82, 2.24) is 0 Å². The van der Waals surface area contributed by atoms with E-state index in [0.717, 1.165) is 29.8 Å². The van der Waals surface area contributed by atoms with Gasteiger partial charge in [-0.1, -0.05) is 26.8 Å². The third-order valence-corrected chi connectivity index (χ3v) is 2.89. The fourth-order valence-electron chi connectivity index (χ4n) is 2.36. The van der Waals surface area contributed by atoms with E-state index >= 15 is 0 Å². The summed E-state index contributed by atoms with van der Waals surface area (Å²) in [6, 6.07) is 6.27. The van der Waals surface area contributed by atoms with Crippen molar-refractivity contribution in [1.29, 1.82) is 0 Å². The Morgan fingerprint density at radius 1 is 1.12 bits per heavy atom. The first-order valence-corrected chi connectivity index (χ1v) is 6.03. The topological polar surface area (TPSA) is 18.5 Å². The van der Waals surface area contributed by atoms with Gasteiger partial charge in [-0.15, -0.1) is 0 Å². The Morgan fingerprint density at radius 2 is 1.88 bits per heavy atom. The van der Waals surface area contributed by atoms with E-state index in [1.54, 1.807) is 0 Å². The molecule has 0 saturated carbocycles. The van der Waals surface area contributed by atoms with E-state index in [1.165, 1.54) is 12.0 Å². The monoisotopic (exact) mass is 220 g/mol. The predicted octanol–water partition coefficient (Wildman–Crippen LogP) is 3.64. The Morgan fingerprint density at radius 3 is 2.62 bits per heavy atom. The molecule has 0 aliphatic carbocycles. The zero-order valence-corrected chi connectivity index (χ0v) is 10.3. The quantitative estimate of drug-likeness (QED) is 0.771. The van der Waals surface area contributed by atoms with Gasteiger partial charge in [0.05, 0.1) is 0 Å². The summed E-state index contributed by atoms with van der Waals surface area (Å²) in [7, 11) is 0. The van der Waals surface area contributed by atoms with Gasteiger partial charge in [0.1, 0.15) is 0 Å². The summed E-state index contributed by atoms with van der Waals surface area (Å²) in [5.74, 6) is 3.26. The summed E-state index contributed by atoms with van der Waals surface area (Å²) in [5.41, 5.74) is 1.34. The lowest BCUT2D eigenvalue weighted by atomic mass is 9.92. The van der Waals surface area contributed by atoms with Crippen LogP contribution in [-0.2, 0) is 6.42 Å². The van der Waals surface area contributed by atoms with Crippen molar-refractivity contribution < 1.29 is 9.47 Å². The molecule has 1 aromatic rings. The zero-order chi connectivity index (χ0) is 11.5. The van der Waals surface area contributed by atoms with Gasteiger partial charge in [-0.3, -0.25) is 0 Å². The van der Waals surface area contributed by atoms with Gasteiger partial charge in [0, 0.05) is 0 Å². The van der Waals surface area contributed by atoms with Crippen molar-refractivity contribution in [3.8, 4) is 11.5 Å². The zero-order valence-electron chi connectivity index (χ0n) is 10.3. The summed E-state index contributed by atoms with van der Waals surface area (Å²) in [5, 5.41) is 0. The highest BCUT2D eigenvalue weighted by molar-refractivity contribution is 5.44. The molecule has 1 atom stereocenters. The first-order chi connectivity index (χ1) is 7.65. The Balaban J connectivity index is 1.99. The van der Waals surface area contributed by atoms with Gasteiger partial charge in [0.15, 0.2) is 11.5 Å². The van der Waals surface area contributed by atoms with Crippen LogP contribution in [0.1, 0.15) is 32.8 Å². The van der Waals surface area contributed by atoms with Crippen molar-refractivity contribution in [2.24, 2.45) is 11.8 Å². The molecule has 1 heterocycles. The van der Waals surface area contributed by atoms with Gasteiger partial charge in [-0.2, -0.15) is 0 Å². The average Bonchev–Trinajstić information content (AvgIpc) is 2.63. The summed E-state index contributed by atoms with van der Waals surface area (Å²) < 4.78 is 10.7. The maximum Gasteiger partial charge on any atom is 0.231 e. The van der Waals surface area contributed by atoms with E-state index in [-0.39, 0.29) is 0 Å². The molecule has 16 heavy (non-hydrogen) atoms. The maximum atomic E-state index is 5.38. The fraction of sp³-hybridized carbons (Fsp3) is 0.571. The lowest BCUT2D eigenvalue weighted by Gasteiger charge is -2.14. The third-order valence-electron chi connectivity index (χ3n) is 2.89. The van der Waals surface area contributed by atoms with Crippen molar-refractivity contribution in [2.75, 3.05) is 6.79 Å². The van der Waals surface area contributed by atoms with E-state index in [2.05, 4.69) is 32.9 Å². The highest BCUT2D eigenvalue weighted by atomic mass is 16.7. The molecule has 88 valence electrons. The van der Waals surface area contributed by atoms with E-state index in [4.69, 9.17) is 9.47 Å². The molecule has 0 bridgehead atoms. The van der Waals surface area contributed by atoms with Gasteiger partial charge >= 0.3 is 0 Å². The molecule has 0 saturated heterocycles. The highest BCUT2D eigenvalue weighted by Gasteiger charge is 2.14. The summed E-state index contributed by atoms with van der Waals surface area (Å²) in [4.78, 5) is 0. The molecule has 1 aliphatic rings. The predicted molar refractivity (Wildman–Crippen MR) is 64.9 cm³/mol. The molecule has 1 unspecified atom stereocenters. The van der Waals surface area contributed by atoms with Crippen LogP contribution in [0.3, 0.4) is 0 Å². The molecule has 2 rings (SSSR count). The smallest absolute Gasteiger partial charge is 0.231 e. The second-order valence-electron chi connectivity index (χ2n) is 5.13. The van der Waals surface area contributed by atoms with Gasteiger partial charge in [0.25, 0.3) is 0 Å². The van der Waals surface area contributed by atoms with Crippen LogP contribution in [0.4, 0.5) is 0 Å². The number of rotatable bonds is 4. The van der Waals surface area contributed by atoms with Crippen LogP contribution in [-0.4, -0.2) is 6.79 Å². The molecule has 0 N–H and O–H groups in total. The van der Waals surface area contributed by atoms with Crippen LogP contribution in [0, 0.1) is 11.8 Å². The molecule has 1 aliphatic heterocycles. The maximum absolute atomic E-state index is 5.38. The van der Waals surface area contributed by atoms with E-state index in [9.17, 15) is 0 Å². The Kier molecular flexibility index (Phi) is 3.37. The van der Waals surface area contributed by atoms with Gasteiger partial charge in [-0.05, 0) is 42.4 Å². The molecule has 0 fully saturated rings. The Hall–Kier alpha value is -1.18. The summed E-state index contributed by atoms with van der Waals surface area (Å²) in [6.07, 6.45) is 2.39. The number of ether oxygens (including phenoxy) is 2. The summed E-state index contributed by atoms with van der Waals surface area (Å²) in [6.45, 7) is 7.22. The molecule has 2 nitrogen and oxygen atoms in total. The van der Waals surface area contributed by atoms with Crippen LogP contribution in [0.5, 0.6) is 11.5 Å². The molecule has 0 amide bonds. The lowest BCUT2D eigenvalue weighted by molar-refractivity contribution is 0.174. The third kappa shape index (κ3) is 2.69. The molecular weight excluding hydrogens is 200 g/mol. The number of hydrogen-bond donors (Lipinski definition) is 0. The molecule has 2 heteroatoms. The highest BCUT2D eigenvalue weighted by Crippen LogP contribution is 2.33. The molecule has 0 spiro atoms. The Labute approximate surface area is 97.6 Å².